The Labute approximate surface area is 143 Å². The van der Waals surface area contributed by atoms with Gasteiger partial charge in [0.1, 0.15) is 22.9 Å². The van der Waals surface area contributed by atoms with Crippen molar-refractivity contribution in [1.29, 1.82) is 0 Å². The molecule has 7 nitrogen and oxygen atoms in total. The number of fused-ring (bicyclic) bond motifs is 1. The number of carbonyl (C=O) groups excluding carboxylic acids is 3. The second kappa shape index (κ2) is 6.56. The summed E-state index contributed by atoms with van der Waals surface area (Å²) in [6.07, 6.45) is 0. The quantitative estimate of drug-likeness (QED) is 0.628. The van der Waals surface area contributed by atoms with Crippen molar-refractivity contribution in [1.82, 2.24) is 10.2 Å². The molecule has 1 fully saturated rings. The molecule has 2 aliphatic rings. The largest absolute Gasteiger partial charge is 0.484 e. The molecule has 8 heteroatoms. The number of methoxy groups -OCH3 is 1. The van der Waals surface area contributed by atoms with E-state index in [1.54, 1.807) is 31.2 Å². The summed E-state index contributed by atoms with van der Waals surface area (Å²) in [6.45, 7) is 1.57. The highest BCUT2D eigenvalue weighted by Crippen LogP contribution is 2.46. The van der Waals surface area contributed by atoms with E-state index >= 15 is 0 Å². The maximum Gasteiger partial charge on any atom is 0.355 e. The minimum Gasteiger partial charge on any atom is -0.484 e. The standard InChI is InChI=1S/C16H16N2O5S/c1-9-13(16(21)22-2)18-14(20)12(15(18)24-9)17-11(19)8-23-10-6-4-3-5-7-10/h3-7,12,15H,8H2,1-2H3,(H,17,19)/t12-,15+/m1/s1. The molecule has 1 N–H and O–H groups in total. The number of amides is 2. The molecule has 3 rings (SSSR count). The van der Waals surface area contributed by atoms with Crippen LogP contribution in [-0.4, -0.2) is 47.8 Å². The van der Waals surface area contributed by atoms with E-state index in [0.29, 0.717) is 10.7 Å². The lowest BCUT2D eigenvalue weighted by molar-refractivity contribution is -0.151. The zero-order valence-corrected chi connectivity index (χ0v) is 14.0. The maximum atomic E-state index is 12.2. The van der Waals surface area contributed by atoms with E-state index < -0.39 is 12.0 Å². The summed E-state index contributed by atoms with van der Waals surface area (Å²) >= 11 is 1.36. The van der Waals surface area contributed by atoms with Gasteiger partial charge in [0.2, 0.25) is 0 Å². The molecule has 1 aromatic carbocycles. The molecule has 0 radical (unpaired) electrons. The number of allylic oxidation sites excluding steroid dienone is 1. The average molecular weight is 348 g/mol. The second-order valence-electron chi connectivity index (χ2n) is 5.26. The third-order valence-corrected chi connectivity index (χ3v) is 4.99. The van der Waals surface area contributed by atoms with Gasteiger partial charge in [-0.05, 0) is 19.1 Å². The summed E-state index contributed by atoms with van der Waals surface area (Å²) in [4.78, 5) is 38.1. The predicted octanol–water partition coefficient (Wildman–Crippen LogP) is 0.870. The molecule has 126 valence electrons. The number of thioether (sulfide) groups is 1. The molecular formula is C16H16N2O5S. The van der Waals surface area contributed by atoms with Crippen LogP contribution in [0.1, 0.15) is 6.92 Å². The Balaban J connectivity index is 1.56. The van der Waals surface area contributed by atoms with Crippen molar-refractivity contribution in [2.45, 2.75) is 18.3 Å². The highest BCUT2D eigenvalue weighted by atomic mass is 32.2. The minimum atomic E-state index is -0.668. The number of hydrogen-bond acceptors (Lipinski definition) is 6. The van der Waals surface area contributed by atoms with E-state index in [4.69, 9.17) is 9.47 Å². The summed E-state index contributed by atoms with van der Waals surface area (Å²) in [5.74, 6) is -0.678. The molecule has 0 aliphatic carbocycles. The van der Waals surface area contributed by atoms with E-state index in [2.05, 4.69) is 5.32 Å². The molecule has 2 amide bonds. The molecule has 1 saturated heterocycles. The van der Waals surface area contributed by atoms with Crippen molar-refractivity contribution in [3.8, 4) is 5.75 Å². The van der Waals surface area contributed by atoms with Gasteiger partial charge in [-0.15, -0.1) is 11.8 Å². The fourth-order valence-corrected chi connectivity index (χ4v) is 3.87. The lowest BCUT2D eigenvalue weighted by atomic mass is 10.1. The fraction of sp³-hybridized carbons (Fsp3) is 0.312. The van der Waals surface area contributed by atoms with Crippen LogP contribution in [0, 0.1) is 0 Å². The highest BCUT2D eigenvalue weighted by molar-refractivity contribution is 8.04. The number of carbonyl (C=O) groups is 3. The van der Waals surface area contributed by atoms with Gasteiger partial charge < -0.3 is 14.8 Å². The van der Waals surface area contributed by atoms with Crippen molar-refractivity contribution >= 4 is 29.5 Å². The monoisotopic (exact) mass is 348 g/mol. The Morgan fingerprint density at radius 1 is 1.29 bits per heavy atom. The van der Waals surface area contributed by atoms with Gasteiger partial charge >= 0.3 is 5.97 Å². The number of rotatable bonds is 5. The smallest absolute Gasteiger partial charge is 0.355 e. The van der Waals surface area contributed by atoms with Crippen LogP contribution < -0.4 is 10.1 Å². The van der Waals surface area contributed by atoms with Gasteiger partial charge in [0.25, 0.3) is 11.8 Å². The summed E-state index contributed by atoms with van der Waals surface area (Å²) in [5.41, 5.74) is 0.253. The zero-order valence-electron chi connectivity index (χ0n) is 13.1. The molecule has 0 bridgehead atoms. The Morgan fingerprint density at radius 2 is 2.00 bits per heavy atom. The second-order valence-corrected chi connectivity index (χ2v) is 6.59. The van der Waals surface area contributed by atoms with Crippen molar-refractivity contribution in [3.05, 3.63) is 40.9 Å². The number of benzene rings is 1. The summed E-state index contributed by atoms with van der Waals surface area (Å²) < 4.78 is 10.1. The normalized spacial score (nSPS) is 21.9. The van der Waals surface area contributed by atoms with Gasteiger partial charge in [0.05, 0.1) is 7.11 Å². The number of nitrogens with one attached hydrogen (secondary N) is 1. The SMILES string of the molecule is COC(=O)C1=C(C)S[C@H]2[C@H](NC(=O)COc3ccccc3)C(=O)N12. The Kier molecular flexibility index (Phi) is 4.48. The van der Waals surface area contributed by atoms with Crippen molar-refractivity contribution in [3.63, 3.8) is 0 Å². The van der Waals surface area contributed by atoms with Gasteiger partial charge in [-0.2, -0.15) is 0 Å². The first-order chi connectivity index (χ1) is 11.5. The first-order valence-corrected chi connectivity index (χ1v) is 8.17. The summed E-state index contributed by atoms with van der Waals surface area (Å²) in [6, 6.07) is 8.27. The van der Waals surface area contributed by atoms with E-state index in [-0.39, 0.29) is 29.5 Å². The van der Waals surface area contributed by atoms with E-state index in [0.717, 1.165) is 0 Å². The first-order valence-electron chi connectivity index (χ1n) is 7.29. The Hall–Kier alpha value is -2.48. The molecular weight excluding hydrogens is 332 g/mol. The van der Waals surface area contributed by atoms with Crippen molar-refractivity contribution in [2.24, 2.45) is 0 Å². The molecule has 2 atom stereocenters. The minimum absolute atomic E-state index is 0.179. The van der Waals surface area contributed by atoms with Crippen LogP contribution in [-0.2, 0) is 19.1 Å². The lowest BCUT2D eigenvalue weighted by Gasteiger charge is -2.42. The lowest BCUT2D eigenvalue weighted by Crippen LogP contribution is -2.68. The molecule has 0 saturated carbocycles. The van der Waals surface area contributed by atoms with Crippen LogP contribution in [0.3, 0.4) is 0 Å². The van der Waals surface area contributed by atoms with Crippen LogP contribution in [0.25, 0.3) is 0 Å². The Bertz CT molecular complexity index is 718. The van der Waals surface area contributed by atoms with Gasteiger partial charge in [-0.1, -0.05) is 18.2 Å². The van der Waals surface area contributed by atoms with Crippen molar-refractivity contribution < 1.29 is 23.9 Å². The molecule has 0 aromatic heterocycles. The van der Waals surface area contributed by atoms with Crippen molar-refractivity contribution in [2.75, 3.05) is 13.7 Å². The van der Waals surface area contributed by atoms with Crippen LogP contribution in [0.4, 0.5) is 0 Å². The molecule has 2 heterocycles. The van der Waals surface area contributed by atoms with Gasteiger partial charge in [-0.3, -0.25) is 14.5 Å². The molecule has 2 aliphatic heterocycles. The fourth-order valence-electron chi connectivity index (χ4n) is 2.58. The van der Waals surface area contributed by atoms with E-state index in [9.17, 15) is 14.4 Å². The van der Waals surface area contributed by atoms with E-state index in [1.807, 2.05) is 6.07 Å². The molecule has 24 heavy (non-hydrogen) atoms. The maximum absolute atomic E-state index is 12.2. The van der Waals surface area contributed by atoms with Gasteiger partial charge in [0, 0.05) is 4.91 Å². The van der Waals surface area contributed by atoms with Gasteiger partial charge in [-0.25, -0.2) is 4.79 Å². The number of esters is 1. The first kappa shape index (κ1) is 16.4. The number of para-hydroxylation sites is 1. The number of ether oxygens (including phenoxy) is 2. The molecule has 0 unspecified atom stereocenters. The third kappa shape index (κ3) is 2.84. The Morgan fingerprint density at radius 3 is 2.67 bits per heavy atom. The summed E-state index contributed by atoms with van der Waals surface area (Å²) in [7, 11) is 1.27. The number of nitrogens with zero attached hydrogens (tertiary/aromatic N) is 1. The van der Waals surface area contributed by atoms with Crippen LogP contribution in [0.5, 0.6) is 5.75 Å². The zero-order chi connectivity index (χ0) is 17.3. The third-order valence-electron chi connectivity index (χ3n) is 3.72. The average Bonchev–Trinajstić information content (AvgIpc) is 2.91. The highest BCUT2D eigenvalue weighted by Gasteiger charge is 2.56. The van der Waals surface area contributed by atoms with Crippen LogP contribution in [0.15, 0.2) is 40.9 Å². The molecule has 0 spiro atoms. The summed E-state index contributed by atoms with van der Waals surface area (Å²) in [5, 5.41) is 2.34. The van der Waals surface area contributed by atoms with Crippen LogP contribution >= 0.6 is 11.8 Å². The molecule has 1 aromatic rings. The van der Waals surface area contributed by atoms with Crippen LogP contribution in [0.2, 0.25) is 0 Å². The predicted molar refractivity (Wildman–Crippen MR) is 86.8 cm³/mol. The number of β-lactam (4-membered cyclic amide) rings is 1. The number of hydrogen-bond donors (Lipinski definition) is 1. The topological polar surface area (TPSA) is 84.9 Å². The van der Waals surface area contributed by atoms with Gasteiger partial charge in [0.15, 0.2) is 6.61 Å². The van der Waals surface area contributed by atoms with E-state index in [1.165, 1.54) is 23.8 Å².